The highest BCUT2D eigenvalue weighted by molar-refractivity contribution is 8.77. The molecule has 8 heterocycles. The summed E-state index contributed by atoms with van der Waals surface area (Å²) in [5, 5.41) is 38.3. The van der Waals surface area contributed by atoms with Gasteiger partial charge in [-0.1, -0.05) is 459 Å². The number of rotatable bonds is 20. The maximum absolute atomic E-state index is 10.8. The van der Waals surface area contributed by atoms with E-state index >= 15 is 0 Å². The lowest BCUT2D eigenvalue weighted by Crippen LogP contribution is -2.29. The molecule has 148 heavy (non-hydrogen) atoms. The van der Waals surface area contributed by atoms with Crippen LogP contribution in [0, 0.1) is 43.3 Å². The van der Waals surface area contributed by atoms with E-state index in [2.05, 4.69) is 466 Å². The van der Waals surface area contributed by atoms with Crippen LogP contribution >= 0.6 is 93.7 Å². The van der Waals surface area contributed by atoms with Crippen LogP contribution in [0.2, 0.25) is 0 Å². The number of benzene rings is 8. The molecule has 8 aliphatic rings. The summed E-state index contributed by atoms with van der Waals surface area (Å²) in [6, 6.07) is 69.5. The first-order valence-corrected chi connectivity index (χ1v) is 62.4. The first-order valence-electron chi connectivity index (χ1n) is 54.9. The Hall–Kier alpha value is -4.34. The number of hydrogen-bond acceptors (Lipinski definition) is 16. The zero-order valence-electron chi connectivity index (χ0n) is 101. The van der Waals surface area contributed by atoms with Crippen LogP contribution in [0.25, 0.3) is 0 Å². The lowest BCUT2D eigenvalue weighted by Gasteiger charge is -2.24. The number of aryl methyl sites for hydroxylation is 16. The van der Waals surface area contributed by atoms with Gasteiger partial charge in [0.2, 0.25) is 0 Å². The molecular formula is C132H220O8S8. The van der Waals surface area contributed by atoms with Crippen LogP contribution < -0.4 is 0 Å². The van der Waals surface area contributed by atoms with Gasteiger partial charge in [0.25, 0.3) is 0 Å². The molecule has 16 heteroatoms. The molecule has 2 unspecified atom stereocenters. The Bertz CT molecular complexity index is 4000. The number of hydrogen-bond donors (Lipinski definition) is 8. The number of carbonyl (C=O) groups excluding carboxylic acids is 2. The topological polar surface area (TPSA) is 134 Å². The number of ketones is 2. The highest BCUT2D eigenvalue weighted by atomic mass is 33.1. The Morgan fingerprint density at radius 2 is 0.405 bits per heavy atom. The molecule has 8 aromatic rings. The predicted molar refractivity (Wildman–Crippen MR) is 683 cm³/mol. The number of ether oxygens (including phenoxy) is 2. The van der Waals surface area contributed by atoms with Crippen molar-refractivity contribution in [1.82, 2.24) is 0 Å². The quantitative estimate of drug-likeness (QED) is 0.0273. The molecule has 844 valence electrons. The SMILES string of the molecule is CC(=O)CCc1ccc(CCS)cc1.CC(=O)CCc1ccc(CCS)cc1.CC(C)(C)C.CC(C)(C)C.CC(C)(C)C.CC(C)(C)C.CC(C)(C)C.CC(C)(C)C.CC(C)(C)C.CC(C)(C)C.CC1(O)CCc2ccc(cc2)CCSSCCc2ccc(cc2)CCCO1.CC1(O)CCc2ccc(cc2)CCSSCCc2ccc(cc2)CCCO1.OCCCc1ccc(CCS)cc1.OCCCc1ccc(CCS)cc1. The lowest BCUT2D eigenvalue weighted by molar-refractivity contribution is -0.194. The molecule has 8 nitrogen and oxygen atoms in total. The fourth-order valence-corrected chi connectivity index (χ4v) is 16.8. The number of aliphatic hydroxyl groups is 4. The van der Waals surface area contributed by atoms with Crippen molar-refractivity contribution in [1.29, 1.82) is 0 Å². The molecule has 2 atom stereocenters. The van der Waals surface area contributed by atoms with Crippen LogP contribution in [0.4, 0.5) is 0 Å². The normalized spacial score (nSPS) is 15.4. The fraction of sp³-hybridized carbons (Fsp3) is 0.621. The maximum atomic E-state index is 10.8. The van der Waals surface area contributed by atoms with Crippen LogP contribution in [-0.4, -0.2) is 116 Å². The van der Waals surface area contributed by atoms with Crippen molar-refractivity contribution in [2.75, 3.05) is 72.5 Å². The number of Topliss-reactive ketones (excluding diaryl/α,β-unsaturated/α-hetero) is 2. The van der Waals surface area contributed by atoms with Crippen molar-refractivity contribution in [2.24, 2.45) is 43.3 Å². The van der Waals surface area contributed by atoms with Crippen molar-refractivity contribution in [3.05, 3.63) is 283 Å². The summed E-state index contributed by atoms with van der Waals surface area (Å²) in [6.45, 7) is 78.5. The largest absolute Gasteiger partial charge is 0.396 e. The molecule has 0 saturated heterocycles. The van der Waals surface area contributed by atoms with Gasteiger partial charge in [0.15, 0.2) is 11.6 Å². The summed E-state index contributed by atoms with van der Waals surface area (Å²) in [7, 11) is 7.90. The van der Waals surface area contributed by atoms with E-state index in [4.69, 9.17) is 19.7 Å². The number of carbonyl (C=O) groups is 2. The highest BCUT2D eigenvalue weighted by Crippen LogP contribution is 2.29. The van der Waals surface area contributed by atoms with Crippen molar-refractivity contribution in [2.45, 2.75) is 415 Å². The number of aliphatic hydroxyl groups excluding tert-OH is 2. The van der Waals surface area contributed by atoms with Crippen LogP contribution in [0.3, 0.4) is 0 Å². The maximum Gasteiger partial charge on any atom is 0.162 e. The molecule has 0 aromatic heterocycles. The van der Waals surface area contributed by atoms with E-state index in [1.54, 1.807) is 27.7 Å². The van der Waals surface area contributed by atoms with Crippen molar-refractivity contribution in [3.8, 4) is 0 Å². The lowest BCUT2D eigenvalue weighted by atomic mass is 10.0. The summed E-state index contributed by atoms with van der Waals surface area (Å²) >= 11 is 16.7. The summed E-state index contributed by atoms with van der Waals surface area (Å²) in [5.74, 6) is 6.55. The Morgan fingerprint density at radius 1 is 0.257 bits per heavy atom. The van der Waals surface area contributed by atoms with Gasteiger partial charge in [-0.25, -0.2) is 0 Å². The van der Waals surface area contributed by atoms with Gasteiger partial charge in [-0.15, -0.1) is 0 Å². The Labute approximate surface area is 950 Å². The van der Waals surface area contributed by atoms with Crippen LogP contribution in [0.1, 0.15) is 390 Å². The first-order chi connectivity index (χ1) is 68.4. The summed E-state index contributed by atoms with van der Waals surface area (Å²) < 4.78 is 11.5. The van der Waals surface area contributed by atoms with Crippen molar-refractivity contribution in [3.63, 3.8) is 0 Å². The van der Waals surface area contributed by atoms with E-state index in [0.717, 1.165) is 174 Å². The smallest absolute Gasteiger partial charge is 0.162 e. The Kier molecular flexibility index (Phi) is 86.0. The van der Waals surface area contributed by atoms with Crippen LogP contribution in [0.5, 0.6) is 0 Å². The van der Waals surface area contributed by atoms with E-state index in [1.165, 1.54) is 89.0 Å². The van der Waals surface area contributed by atoms with E-state index in [1.807, 2.05) is 43.2 Å². The van der Waals surface area contributed by atoms with Gasteiger partial charge >= 0.3 is 0 Å². The van der Waals surface area contributed by atoms with E-state index in [9.17, 15) is 19.8 Å². The first kappa shape index (κ1) is 150. The minimum atomic E-state index is -1.06. The molecule has 0 aliphatic carbocycles. The Balaban J connectivity index is -0.000000795. The average Bonchev–Trinajstić information content (AvgIpc) is 0.948. The fourth-order valence-electron chi connectivity index (χ4n) is 11.6. The molecule has 0 spiro atoms. The monoisotopic (exact) mass is 2190 g/mol. The zero-order chi connectivity index (χ0) is 114. The molecular weight excluding hydrogens is 1970 g/mol. The van der Waals surface area contributed by atoms with Crippen LogP contribution in [-0.2, 0) is 122 Å². The molecule has 16 rings (SSSR count). The van der Waals surface area contributed by atoms with Gasteiger partial charge in [0.1, 0.15) is 11.6 Å². The van der Waals surface area contributed by atoms with E-state index in [-0.39, 0.29) is 24.8 Å². The van der Waals surface area contributed by atoms with E-state index in [0.29, 0.717) is 82.2 Å². The average molecular weight is 2190 g/mol. The third kappa shape index (κ3) is 122. The summed E-state index contributed by atoms with van der Waals surface area (Å²) in [4.78, 5) is 21.6. The van der Waals surface area contributed by atoms with Gasteiger partial charge < -0.3 is 39.5 Å². The van der Waals surface area contributed by atoms with E-state index < -0.39 is 11.6 Å². The van der Waals surface area contributed by atoms with Crippen LogP contribution in [0.15, 0.2) is 194 Å². The third-order valence-corrected chi connectivity index (χ3v) is 24.1. The highest BCUT2D eigenvalue weighted by Gasteiger charge is 2.23. The van der Waals surface area contributed by atoms with Gasteiger partial charge in [0.05, 0.1) is 13.2 Å². The summed E-state index contributed by atoms with van der Waals surface area (Å²) in [5.41, 5.74) is 25.2. The van der Waals surface area contributed by atoms with Gasteiger partial charge in [-0.05, 0) is 311 Å². The van der Waals surface area contributed by atoms with Gasteiger partial charge in [-0.3, -0.25) is 0 Å². The molecule has 8 bridgehead atoms. The molecule has 8 aromatic carbocycles. The Morgan fingerprint density at radius 3 is 0.561 bits per heavy atom. The predicted octanol–water partition coefficient (Wildman–Crippen LogP) is 36.9. The van der Waals surface area contributed by atoms with Crippen molar-refractivity contribution < 1.29 is 39.5 Å². The molecule has 0 amide bonds. The molecule has 0 fully saturated rings. The minimum absolute atomic E-state index is 0.254. The third-order valence-electron chi connectivity index (χ3n) is 18.4. The number of thiol groups is 4. The standard InChI is InChI=1S/2C23H30O2S2.2C12H16OS.2C11H16OS.8C5H12/c2*1-23(24)15-12-20-6-10-22(11-7-20)14-18-27-26-17-13-21-8-4-19(5-9-21)3-2-16-25-23;2*1-10(13)2-3-11-4-6-12(7-5-11)8-9-14;2*12-8-1-2-10-3-5-11(6-4-10)7-9-13;8*1-5(2,3)4/h2*4-11,24H,2-3,12-18H2,1H3;2*4-7,14H,2-3,8-9H2,1H3;2*3-6,12-13H,1-2,7-9H2;8*1-4H3. The minimum Gasteiger partial charge on any atom is -0.396 e. The molecule has 0 saturated carbocycles. The second kappa shape index (κ2) is 84.9. The molecule has 8 aliphatic heterocycles. The molecule has 4 N–H and O–H groups in total. The molecule has 0 radical (unpaired) electrons. The zero-order valence-corrected chi connectivity index (χ0v) is 108. The second-order valence-electron chi connectivity index (χ2n) is 52.0. The van der Waals surface area contributed by atoms with Crippen molar-refractivity contribution >= 4 is 105 Å². The van der Waals surface area contributed by atoms with Gasteiger partial charge in [0, 0.05) is 61.9 Å². The van der Waals surface area contributed by atoms with Gasteiger partial charge in [-0.2, -0.15) is 50.5 Å². The second-order valence-corrected chi connectivity index (χ2v) is 59.2. The summed E-state index contributed by atoms with van der Waals surface area (Å²) in [6.07, 6.45) is 21.9.